The molecule has 22 N–H and O–H groups in total. The van der Waals surface area contributed by atoms with Gasteiger partial charge in [0.1, 0.15) is 90.0 Å². The number of carboxylic acid groups (broad SMARTS) is 3. The van der Waals surface area contributed by atoms with Gasteiger partial charge in [0.15, 0.2) is 0 Å². The number of amides is 13. The Kier molecular flexibility index (Phi) is 43.7. The first-order valence-electron chi connectivity index (χ1n) is 36.5. The minimum absolute atomic E-state index is 0.0380. The normalized spacial score (nSPS) is 15.3. The van der Waals surface area contributed by atoms with Crippen LogP contribution in [0.5, 0.6) is 11.5 Å². The fourth-order valence-corrected chi connectivity index (χ4v) is 11.7. The quantitative estimate of drug-likeness (QED) is 0.0255. The van der Waals surface area contributed by atoms with Gasteiger partial charge in [0, 0.05) is 30.8 Å². The summed E-state index contributed by atoms with van der Waals surface area (Å²) in [4.78, 5) is 218. The number of phenols is 2. The third-order valence-corrected chi connectivity index (χ3v) is 19.0. The largest absolute Gasteiger partial charge is 0.508 e. The minimum atomic E-state index is -1.97. The van der Waals surface area contributed by atoms with Gasteiger partial charge in [0.2, 0.25) is 76.8 Å². The van der Waals surface area contributed by atoms with Crippen molar-refractivity contribution in [1.29, 1.82) is 0 Å². The van der Waals surface area contributed by atoms with Gasteiger partial charge in [-0.25, -0.2) is 4.79 Å². The number of thiol groups is 2. The average Bonchev–Trinajstić information content (AvgIpc) is 0.846. The number of aromatic hydroxyl groups is 2. The highest BCUT2D eigenvalue weighted by Crippen LogP contribution is 2.18. The molecule has 36 nitrogen and oxygen atoms in total. The van der Waals surface area contributed by atoms with Crippen LogP contribution in [0.1, 0.15) is 138 Å². The first kappa shape index (κ1) is 97.6. The molecule has 0 radical (unpaired) electrons. The number of thioether (sulfide) groups is 1. The summed E-state index contributed by atoms with van der Waals surface area (Å²) in [5, 5.41) is 81.9. The van der Waals surface area contributed by atoms with E-state index in [1.807, 2.05) is 0 Å². The number of carboxylic acids is 3. The second-order valence-electron chi connectivity index (χ2n) is 28.1. The van der Waals surface area contributed by atoms with Crippen molar-refractivity contribution in [2.45, 2.75) is 224 Å². The Labute approximate surface area is 660 Å². The Morgan fingerprint density at radius 3 is 1.21 bits per heavy atom. The molecule has 0 bridgehead atoms. The van der Waals surface area contributed by atoms with Crippen LogP contribution in [0, 0.1) is 23.7 Å². The van der Waals surface area contributed by atoms with E-state index in [1.54, 1.807) is 61.6 Å². The Bertz CT molecular complexity index is 3490. The number of carbonyl (C=O) groups is 16. The summed E-state index contributed by atoms with van der Waals surface area (Å²) in [6.45, 7) is 15.7. The van der Waals surface area contributed by atoms with Crippen LogP contribution in [0.4, 0.5) is 0 Å². The van der Waals surface area contributed by atoms with Gasteiger partial charge >= 0.3 is 17.9 Å². The molecule has 15 atom stereocenters. The molecule has 0 spiro atoms. The second-order valence-corrected chi connectivity index (χ2v) is 29.8. The highest BCUT2D eigenvalue weighted by atomic mass is 32.2. The van der Waals surface area contributed by atoms with E-state index < -0.39 is 216 Å². The van der Waals surface area contributed by atoms with Gasteiger partial charge in [-0.3, -0.25) is 71.9 Å². The van der Waals surface area contributed by atoms with Gasteiger partial charge in [-0.2, -0.15) is 37.0 Å². The molecule has 13 amide bonds. The lowest BCUT2D eigenvalue weighted by molar-refractivity contribution is -0.143. The zero-order valence-corrected chi connectivity index (χ0v) is 66.9. The molecule has 2 aromatic rings. The van der Waals surface area contributed by atoms with Crippen molar-refractivity contribution in [1.82, 2.24) is 69.1 Å². The van der Waals surface area contributed by atoms with Crippen LogP contribution in [-0.4, -0.2) is 235 Å². The fraction of sp³-hybridized carbons (Fsp3) is 0.611. The molecule has 111 heavy (non-hydrogen) atoms. The molecule has 2 aromatic carbocycles. The van der Waals surface area contributed by atoms with Gasteiger partial charge in [-0.1, -0.05) is 86.1 Å². The van der Waals surface area contributed by atoms with Crippen LogP contribution in [0.25, 0.3) is 0 Å². The number of benzene rings is 2. The van der Waals surface area contributed by atoms with Crippen molar-refractivity contribution >= 4 is 132 Å². The van der Waals surface area contributed by atoms with Crippen molar-refractivity contribution in [3.8, 4) is 11.5 Å². The van der Waals surface area contributed by atoms with Crippen LogP contribution in [0.15, 0.2) is 48.5 Å². The lowest BCUT2D eigenvalue weighted by Gasteiger charge is -2.29. The van der Waals surface area contributed by atoms with Crippen molar-refractivity contribution in [2.75, 3.05) is 30.1 Å². The number of aliphatic carboxylic acids is 3. The summed E-state index contributed by atoms with van der Waals surface area (Å²) in [5.41, 5.74) is 12.6. The van der Waals surface area contributed by atoms with E-state index in [2.05, 4.69) is 94.4 Å². The van der Waals surface area contributed by atoms with Gasteiger partial charge < -0.3 is 106 Å². The third kappa shape index (κ3) is 35.2. The molecule has 620 valence electrons. The predicted molar refractivity (Wildman–Crippen MR) is 417 cm³/mol. The third-order valence-electron chi connectivity index (χ3n) is 17.7. The second kappa shape index (κ2) is 49.7. The molecule has 0 saturated heterocycles. The zero-order chi connectivity index (χ0) is 84.1. The van der Waals surface area contributed by atoms with Crippen LogP contribution >= 0.6 is 37.0 Å². The molecular formula is C72H113N15O21S3. The first-order chi connectivity index (χ1) is 52.1. The van der Waals surface area contributed by atoms with Gasteiger partial charge in [0.05, 0.1) is 12.5 Å². The molecule has 0 aliphatic carbocycles. The molecule has 0 unspecified atom stereocenters. The molecule has 0 heterocycles. The summed E-state index contributed by atoms with van der Waals surface area (Å²) in [7, 11) is 0. The van der Waals surface area contributed by atoms with Crippen molar-refractivity contribution in [3.63, 3.8) is 0 Å². The van der Waals surface area contributed by atoms with E-state index in [1.165, 1.54) is 74.1 Å². The lowest BCUT2D eigenvalue weighted by atomic mass is 9.96. The molecule has 39 heteroatoms. The average molecular weight is 1620 g/mol. The number of hydrogen-bond donors (Lipinski definition) is 22. The Hall–Kier alpha value is -9.47. The van der Waals surface area contributed by atoms with Crippen LogP contribution in [0.2, 0.25) is 0 Å². The topological polar surface area (TPSA) is 583 Å². The van der Waals surface area contributed by atoms with E-state index in [0.717, 1.165) is 0 Å². The highest BCUT2D eigenvalue weighted by molar-refractivity contribution is 7.98. The molecule has 0 aromatic heterocycles. The standard InChI is InChI=1S/C72H113N15O21S3/c1-12-38(8)58(87-67(102)50(31-42-18-22-44(89)23-19-42)82-63(98)47(26-28-111-11)78-68(103)52(33-109)85-70(105)56(74)36(4)5)71(106)79-46(24-25-54(90)91)61(96)75-39(9)59(94)80-48(29-35(2)3)65(100)83-51(32-55(92)93)66(101)77-45(15-13-14-27-73)62(97)81-49(30-41-16-20-43(88)21-17-41)64(99)76-40(10)60(95)84-53(34-110)69(104)86-57(37(6)7)72(107)108/h16-23,35-40,45-53,56-58,88-89,109-110H,12-15,24-34,73-74H2,1-11H3,(H,75,96)(H,76,99)(H,77,101)(H,78,103)(H,79,106)(H,80,94)(H,81,97)(H,82,98)(H,83,100)(H,84,95)(H,85,105)(H,86,104)(H,87,102)(H,90,91)(H,92,93)(H,107,108)/t38-,39-,40-,45-,46-,47-,48-,49-,50-,51-,52-,53-,56-,57-,58-/m0/s1. The Morgan fingerprint density at radius 2 is 0.784 bits per heavy atom. The predicted octanol–water partition coefficient (Wildman–Crippen LogP) is -1.88. The van der Waals surface area contributed by atoms with Crippen molar-refractivity contribution in [3.05, 3.63) is 59.7 Å². The molecule has 2 rings (SSSR count). The van der Waals surface area contributed by atoms with Gasteiger partial charge in [-0.05, 0) is 130 Å². The minimum Gasteiger partial charge on any atom is -0.508 e. The Morgan fingerprint density at radius 1 is 0.414 bits per heavy atom. The number of phenolic OH excluding ortho intramolecular Hbond substituents is 2. The van der Waals surface area contributed by atoms with Crippen LogP contribution < -0.4 is 80.6 Å². The highest BCUT2D eigenvalue weighted by Gasteiger charge is 2.39. The summed E-state index contributed by atoms with van der Waals surface area (Å²) < 4.78 is 0. The molecule has 0 saturated carbocycles. The van der Waals surface area contributed by atoms with Crippen molar-refractivity contribution in [2.24, 2.45) is 35.1 Å². The maximum absolute atomic E-state index is 14.6. The summed E-state index contributed by atoms with van der Waals surface area (Å²) in [5.74, 6) is -19.2. The van der Waals surface area contributed by atoms with Crippen LogP contribution in [0.3, 0.4) is 0 Å². The Balaban J connectivity index is 2.49. The molecule has 0 fully saturated rings. The maximum Gasteiger partial charge on any atom is 0.326 e. The van der Waals surface area contributed by atoms with Crippen molar-refractivity contribution < 1.29 is 102 Å². The number of unbranched alkanes of at least 4 members (excludes halogenated alkanes) is 1. The number of rotatable bonds is 51. The lowest BCUT2D eigenvalue weighted by Crippen LogP contribution is -2.61. The summed E-state index contributed by atoms with van der Waals surface area (Å²) in [6, 6.07) is -9.51. The van der Waals surface area contributed by atoms with E-state index in [9.17, 15) is 102 Å². The monoisotopic (exact) mass is 1620 g/mol. The van der Waals surface area contributed by atoms with E-state index in [0.29, 0.717) is 23.3 Å². The van der Waals surface area contributed by atoms with E-state index in [4.69, 9.17) is 11.5 Å². The summed E-state index contributed by atoms with van der Waals surface area (Å²) >= 11 is 9.70. The fourth-order valence-electron chi connectivity index (χ4n) is 10.7. The van der Waals surface area contributed by atoms with Crippen LogP contribution in [-0.2, 0) is 89.6 Å². The van der Waals surface area contributed by atoms with Gasteiger partial charge in [-0.15, -0.1) is 0 Å². The summed E-state index contributed by atoms with van der Waals surface area (Å²) in [6.07, 6.45) is -0.815. The number of nitrogens with two attached hydrogens (primary N) is 2. The molecular weight excluding hydrogens is 1510 g/mol. The number of hydrogen-bond acceptors (Lipinski definition) is 23. The number of nitrogens with one attached hydrogen (secondary N) is 13. The molecule has 0 aliphatic heterocycles. The zero-order valence-electron chi connectivity index (χ0n) is 64.3. The maximum atomic E-state index is 14.6. The SMILES string of the molecule is CC[C@H](C)[C@H](NC(=O)[C@H](Cc1ccc(O)cc1)NC(=O)[C@H](CCSC)NC(=O)[C@H](CS)NC(=O)[C@@H](N)C(C)C)C(=O)N[C@@H](CCC(=O)O)C(=O)N[C@@H](C)C(=O)N[C@@H](CC(C)C)C(=O)N[C@@H](CC(=O)O)C(=O)N[C@@H](CCCCN)C(=O)N[C@@H](Cc1ccc(O)cc1)C(=O)N[C@@H](C)C(=O)N[C@@H](CS)C(=O)N[C@H](C(=O)O)C(C)C. The first-order valence-corrected chi connectivity index (χ1v) is 39.1. The van der Waals surface area contributed by atoms with Gasteiger partial charge in [0.25, 0.3) is 0 Å². The van der Waals surface area contributed by atoms with E-state index >= 15 is 0 Å². The number of carbonyl (C=O) groups excluding carboxylic acids is 13. The smallest absolute Gasteiger partial charge is 0.326 e. The molecule has 0 aliphatic rings. The van der Waals surface area contributed by atoms with E-state index in [-0.39, 0.29) is 80.4 Å².